The summed E-state index contributed by atoms with van der Waals surface area (Å²) in [6.07, 6.45) is 8.09. The van der Waals surface area contributed by atoms with Crippen LogP contribution in [-0.2, 0) is 26.0 Å². The van der Waals surface area contributed by atoms with E-state index in [4.69, 9.17) is 0 Å². The van der Waals surface area contributed by atoms with Crippen LogP contribution < -0.4 is 10.0 Å². The number of carbonyl (C=O) groups excluding carboxylic acids is 2. The maximum absolute atomic E-state index is 14.1. The Balaban J connectivity index is 1.89. The average molecular weight is 564 g/mol. The number of sulfonamides is 1. The molecule has 1 aromatic rings. The molecule has 11 heteroatoms. The van der Waals surface area contributed by atoms with Crippen molar-refractivity contribution >= 4 is 29.0 Å². The number of aryl methyl sites for hydroxylation is 1. The van der Waals surface area contributed by atoms with Crippen LogP contribution >= 0.6 is 0 Å². The van der Waals surface area contributed by atoms with Crippen molar-refractivity contribution in [2.75, 3.05) is 6.54 Å². The predicted molar refractivity (Wildman–Crippen MR) is 152 cm³/mol. The van der Waals surface area contributed by atoms with E-state index in [0.29, 0.717) is 12.8 Å². The standard InChI is InChI=1S/C28H46BN3O6S/c1-5-10-21-13-15-23(16-14-21)39(37,38)31-28(20(3)4)17-18-32(27(28)34)24(19-22-11-8-7-9-12-22)26(33)30-25(6-2)29(35)36/h13-16,20,22,24-25,31,35-36H,5-12,17-19H2,1-4H3,(H,30,33)/t24-,25?,28?/m0/s1. The maximum atomic E-state index is 14.1. The van der Waals surface area contributed by atoms with Crippen molar-refractivity contribution in [2.24, 2.45) is 11.8 Å². The average Bonchev–Trinajstić information content (AvgIpc) is 3.22. The molecule has 1 aliphatic carbocycles. The molecular formula is C28H46BN3O6S. The summed E-state index contributed by atoms with van der Waals surface area (Å²) >= 11 is 0. The molecule has 1 saturated heterocycles. The zero-order chi connectivity index (χ0) is 28.8. The molecule has 218 valence electrons. The molecule has 3 rings (SSSR count). The molecule has 1 aliphatic heterocycles. The molecule has 9 nitrogen and oxygen atoms in total. The van der Waals surface area contributed by atoms with Crippen LogP contribution in [0.5, 0.6) is 0 Å². The lowest BCUT2D eigenvalue weighted by Gasteiger charge is -2.36. The molecule has 1 aromatic carbocycles. The molecule has 2 aliphatic rings. The third-order valence-corrected chi connectivity index (χ3v) is 10.1. The third kappa shape index (κ3) is 7.42. The molecular weight excluding hydrogens is 517 g/mol. The summed E-state index contributed by atoms with van der Waals surface area (Å²) in [6, 6.07) is 5.93. The number of amides is 2. The van der Waals surface area contributed by atoms with Gasteiger partial charge in [-0.05, 0) is 55.2 Å². The molecule has 4 N–H and O–H groups in total. The molecule has 1 saturated carbocycles. The van der Waals surface area contributed by atoms with Crippen molar-refractivity contribution in [1.29, 1.82) is 0 Å². The van der Waals surface area contributed by atoms with Gasteiger partial charge < -0.3 is 20.3 Å². The Morgan fingerprint density at radius 3 is 2.31 bits per heavy atom. The minimum Gasteiger partial charge on any atom is -0.426 e. The SMILES string of the molecule is CCCc1ccc(S(=O)(=O)NC2(C(C)C)CCN([C@@H](CC3CCCCC3)C(=O)NC(CC)B(O)O)C2=O)cc1. The lowest BCUT2D eigenvalue weighted by atomic mass is 9.77. The van der Waals surface area contributed by atoms with Crippen molar-refractivity contribution in [3.05, 3.63) is 29.8 Å². The van der Waals surface area contributed by atoms with Gasteiger partial charge in [-0.3, -0.25) is 9.59 Å². The largest absolute Gasteiger partial charge is 0.475 e. The zero-order valence-electron chi connectivity index (χ0n) is 23.9. The van der Waals surface area contributed by atoms with Gasteiger partial charge in [0.05, 0.1) is 10.8 Å². The number of hydrogen-bond acceptors (Lipinski definition) is 6. The third-order valence-electron chi connectivity index (χ3n) is 8.55. The number of likely N-dealkylation sites (tertiary alicyclic amines) is 1. The van der Waals surface area contributed by atoms with Gasteiger partial charge in [0.25, 0.3) is 0 Å². The Morgan fingerprint density at radius 2 is 1.77 bits per heavy atom. The maximum Gasteiger partial charge on any atom is 0.475 e. The molecule has 2 fully saturated rings. The number of nitrogens with zero attached hydrogens (tertiary/aromatic N) is 1. The normalized spacial score (nSPS) is 22.2. The minimum absolute atomic E-state index is 0.104. The van der Waals surface area contributed by atoms with Crippen molar-refractivity contribution in [3.63, 3.8) is 0 Å². The van der Waals surface area contributed by atoms with Gasteiger partial charge >= 0.3 is 7.12 Å². The summed E-state index contributed by atoms with van der Waals surface area (Å²) in [7, 11) is -5.72. The lowest BCUT2D eigenvalue weighted by molar-refractivity contribution is -0.142. The second kappa shape index (κ2) is 13.6. The Labute approximate surface area is 234 Å². The summed E-state index contributed by atoms with van der Waals surface area (Å²) in [5, 5.41) is 22.1. The fourth-order valence-corrected chi connectivity index (χ4v) is 7.53. The second-order valence-electron chi connectivity index (χ2n) is 11.6. The lowest BCUT2D eigenvalue weighted by Crippen LogP contribution is -2.60. The van der Waals surface area contributed by atoms with E-state index in [-0.39, 0.29) is 29.7 Å². The van der Waals surface area contributed by atoms with Gasteiger partial charge in [0, 0.05) is 6.54 Å². The van der Waals surface area contributed by atoms with Crippen LogP contribution in [0, 0.1) is 11.8 Å². The van der Waals surface area contributed by atoms with Gasteiger partial charge in [0.1, 0.15) is 11.6 Å². The van der Waals surface area contributed by atoms with Gasteiger partial charge in [0.2, 0.25) is 21.8 Å². The number of rotatable bonds is 13. The van der Waals surface area contributed by atoms with Gasteiger partial charge in [-0.15, -0.1) is 0 Å². The van der Waals surface area contributed by atoms with Crippen molar-refractivity contribution in [1.82, 2.24) is 14.9 Å². The van der Waals surface area contributed by atoms with E-state index in [1.165, 1.54) is 4.90 Å². The monoisotopic (exact) mass is 563 g/mol. The van der Waals surface area contributed by atoms with E-state index < -0.39 is 46.5 Å². The van der Waals surface area contributed by atoms with Crippen LogP contribution in [0.15, 0.2) is 29.2 Å². The highest BCUT2D eigenvalue weighted by atomic mass is 32.2. The first-order valence-corrected chi connectivity index (χ1v) is 16.0. The first-order valence-electron chi connectivity index (χ1n) is 14.6. The molecule has 2 amide bonds. The topological polar surface area (TPSA) is 136 Å². The van der Waals surface area contributed by atoms with Gasteiger partial charge in [-0.2, -0.15) is 4.72 Å². The highest BCUT2D eigenvalue weighted by Gasteiger charge is 2.54. The van der Waals surface area contributed by atoms with E-state index in [1.54, 1.807) is 31.2 Å². The smallest absolute Gasteiger partial charge is 0.426 e. The van der Waals surface area contributed by atoms with E-state index in [2.05, 4.69) is 17.0 Å². The van der Waals surface area contributed by atoms with Gasteiger partial charge in [0.15, 0.2) is 0 Å². The summed E-state index contributed by atoms with van der Waals surface area (Å²) in [5.74, 6) is -1.77. The summed E-state index contributed by atoms with van der Waals surface area (Å²) in [4.78, 5) is 29.3. The minimum atomic E-state index is -4.01. The quantitative estimate of drug-likeness (QED) is 0.273. The number of carbonyl (C=O) groups is 2. The number of nitrogens with one attached hydrogen (secondary N) is 2. The Kier molecular flexibility index (Phi) is 11.0. The molecule has 0 aromatic heterocycles. The predicted octanol–water partition coefficient (Wildman–Crippen LogP) is 2.79. The van der Waals surface area contributed by atoms with Crippen LogP contribution in [0.25, 0.3) is 0 Å². The van der Waals surface area contributed by atoms with E-state index in [9.17, 15) is 28.1 Å². The van der Waals surface area contributed by atoms with Crippen molar-refractivity contribution in [2.45, 2.75) is 114 Å². The molecule has 1 heterocycles. The zero-order valence-corrected chi connectivity index (χ0v) is 24.7. The fraction of sp³-hybridized carbons (Fsp3) is 0.714. The molecule has 2 unspecified atom stereocenters. The van der Waals surface area contributed by atoms with Crippen molar-refractivity contribution < 1.29 is 28.1 Å². The molecule has 0 radical (unpaired) electrons. The molecule has 0 bridgehead atoms. The fourth-order valence-electron chi connectivity index (χ4n) is 6.01. The summed E-state index contributed by atoms with van der Waals surface area (Å²) < 4.78 is 29.7. The molecule has 3 atom stereocenters. The number of benzene rings is 1. The van der Waals surface area contributed by atoms with Crippen LogP contribution in [0.3, 0.4) is 0 Å². The van der Waals surface area contributed by atoms with Gasteiger partial charge in [-0.1, -0.05) is 78.4 Å². The molecule has 39 heavy (non-hydrogen) atoms. The summed E-state index contributed by atoms with van der Waals surface area (Å²) in [6.45, 7) is 7.68. The summed E-state index contributed by atoms with van der Waals surface area (Å²) in [5.41, 5.74) is -0.333. The van der Waals surface area contributed by atoms with E-state index >= 15 is 0 Å². The Hall–Kier alpha value is -1.95. The second-order valence-corrected chi connectivity index (χ2v) is 13.2. The molecule has 0 spiro atoms. The highest BCUT2D eigenvalue weighted by molar-refractivity contribution is 7.89. The van der Waals surface area contributed by atoms with Crippen LogP contribution in [0.2, 0.25) is 0 Å². The van der Waals surface area contributed by atoms with Crippen LogP contribution in [-0.4, -0.2) is 66.4 Å². The Bertz CT molecular complexity index is 1080. The first kappa shape index (κ1) is 31.6. The Morgan fingerprint density at radius 1 is 1.13 bits per heavy atom. The van der Waals surface area contributed by atoms with Gasteiger partial charge in [-0.25, -0.2) is 8.42 Å². The highest BCUT2D eigenvalue weighted by Crippen LogP contribution is 2.36. The van der Waals surface area contributed by atoms with Crippen LogP contribution in [0.1, 0.15) is 91.0 Å². The van der Waals surface area contributed by atoms with Crippen LogP contribution in [0.4, 0.5) is 0 Å². The van der Waals surface area contributed by atoms with Crippen molar-refractivity contribution in [3.8, 4) is 0 Å². The van der Waals surface area contributed by atoms with E-state index in [1.807, 2.05) is 13.8 Å². The van der Waals surface area contributed by atoms with E-state index in [0.717, 1.165) is 50.5 Å². The number of hydrogen-bond donors (Lipinski definition) is 4. The first-order chi connectivity index (χ1) is 18.4.